The molecule has 2 heterocycles. The number of rotatable bonds is 1. The summed E-state index contributed by atoms with van der Waals surface area (Å²) in [6.45, 7) is 0.493. The second-order valence-corrected chi connectivity index (χ2v) is 2.44. The van der Waals surface area contributed by atoms with Gasteiger partial charge in [0.05, 0.1) is 5.56 Å². The van der Waals surface area contributed by atoms with E-state index < -0.39 is 5.97 Å². The van der Waals surface area contributed by atoms with Crippen LogP contribution in [0, 0.1) is 0 Å². The molecule has 2 rings (SSSR count). The number of hydrogen-bond donors (Lipinski definition) is 3. The predicted molar refractivity (Wildman–Crippen MR) is 43.8 cm³/mol. The minimum atomic E-state index is -0.942. The lowest BCUT2D eigenvalue weighted by Crippen LogP contribution is -2.09. The fraction of sp³-hybridized carbons (Fsp3) is 0.143. The van der Waals surface area contributed by atoms with Crippen molar-refractivity contribution in [3.63, 3.8) is 0 Å². The van der Waals surface area contributed by atoms with Gasteiger partial charge in [-0.2, -0.15) is 0 Å². The van der Waals surface area contributed by atoms with Crippen LogP contribution < -0.4 is 5.32 Å². The molecule has 1 aromatic heterocycles. The quantitative estimate of drug-likeness (QED) is 0.567. The van der Waals surface area contributed by atoms with Crippen LogP contribution in [-0.4, -0.2) is 28.9 Å². The maximum atomic E-state index is 10.6. The molecule has 3 N–H and O–H groups in total. The summed E-state index contributed by atoms with van der Waals surface area (Å²) in [6.07, 6.45) is 3.02. The molecule has 0 saturated carbocycles. The molecule has 1 aromatic rings. The van der Waals surface area contributed by atoms with Gasteiger partial charge in [-0.1, -0.05) is 0 Å². The van der Waals surface area contributed by atoms with Crippen molar-refractivity contribution in [3.05, 3.63) is 17.3 Å². The fourth-order valence-corrected chi connectivity index (χ4v) is 1.15. The van der Waals surface area contributed by atoms with Crippen molar-refractivity contribution in [1.82, 2.24) is 4.98 Å². The van der Waals surface area contributed by atoms with Crippen LogP contribution in [0.2, 0.25) is 0 Å². The summed E-state index contributed by atoms with van der Waals surface area (Å²) in [4.78, 5) is 17.4. The summed E-state index contributed by atoms with van der Waals surface area (Å²) >= 11 is 0. The molecule has 0 aromatic carbocycles. The summed E-state index contributed by atoms with van der Waals surface area (Å²) < 4.78 is 0. The van der Waals surface area contributed by atoms with Gasteiger partial charge < -0.3 is 15.4 Å². The minimum Gasteiger partial charge on any atom is -0.478 e. The van der Waals surface area contributed by atoms with Gasteiger partial charge in [0.25, 0.3) is 0 Å². The number of aromatic amines is 1. The number of nitrogens with one attached hydrogen (secondary N) is 2. The predicted octanol–water partition coefficient (Wildman–Crippen LogP) is 0.515. The number of carboxylic acid groups (broad SMARTS) is 1. The third-order valence-corrected chi connectivity index (χ3v) is 1.72. The molecule has 5 nitrogen and oxygen atoms in total. The van der Waals surface area contributed by atoms with E-state index in [2.05, 4.69) is 15.3 Å². The smallest absolute Gasteiger partial charge is 0.337 e. The topological polar surface area (TPSA) is 77.5 Å². The van der Waals surface area contributed by atoms with Gasteiger partial charge in [-0.3, -0.25) is 4.99 Å². The molecule has 0 amide bonds. The molecule has 1 aliphatic heterocycles. The highest BCUT2D eigenvalue weighted by atomic mass is 16.4. The molecule has 0 fully saturated rings. The van der Waals surface area contributed by atoms with E-state index >= 15 is 0 Å². The zero-order chi connectivity index (χ0) is 8.55. The maximum Gasteiger partial charge on any atom is 0.337 e. The SMILES string of the molecule is O=C(O)c1c[nH]c2c1C=NCN2. The third kappa shape index (κ3) is 0.868. The van der Waals surface area contributed by atoms with Crippen molar-refractivity contribution in [1.29, 1.82) is 0 Å². The van der Waals surface area contributed by atoms with Crippen molar-refractivity contribution in [2.45, 2.75) is 0 Å². The van der Waals surface area contributed by atoms with Gasteiger partial charge >= 0.3 is 5.97 Å². The lowest BCUT2D eigenvalue weighted by atomic mass is 10.2. The Hall–Kier alpha value is -1.78. The number of anilines is 1. The van der Waals surface area contributed by atoms with Gasteiger partial charge in [-0.15, -0.1) is 0 Å². The molecule has 0 unspecified atom stereocenters. The highest BCUT2D eigenvalue weighted by Crippen LogP contribution is 2.18. The van der Waals surface area contributed by atoms with Crippen molar-refractivity contribution in [2.75, 3.05) is 12.0 Å². The normalized spacial score (nSPS) is 13.7. The zero-order valence-corrected chi connectivity index (χ0v) is 6.16. The van der Waals surface area contributed by atoms with Crippen LogP contribution in [0.5, 0.6) is 0 Å². The Bertz CT molecular complexity index is 354. The van der Waals surface area contributed by atoms with Gasteiger partial charge in [-0.25, -0.2) is 4.79 Å². The maximum absolute atomic E-state index is 10.6. The largest absolute Gasteiger partial charge is 0.478 e. The number of carboxylic acids is 1. The molecule has 0 aliphatic carbocycles. The highest BCUT2D eigenvalue weighted by molar-refractivity contribution is 6.02. The van der Waals surface area contributed by atoms with Crippen molar-refractivity contribution >= 4 is 18.0 Å². The van der Waals surface area contributed by atoms with Gasteiger partial charge in [0, 0.05) is 18.0 Å². The standard InChI is InChI=1S/C7H7N3O2/c11-7(12)5-2-9-6-4(5)1-8-3-10-6/h1-2,9-10H,3H2,(H,11,12). The van der Waals surface area contributed by atoms with E-state index in [0.717, 1.165) is 5.82 Å². The second-order valence-electron chi connectivity index (χ2n) is 2.44. The van der Waals surface area contributed by atoms with Crippen LogP contribution in [0.25, 0.3) is 0 Å². The summed E-state index contributed by atoms with van der Waals surface area (Å²) in [7, 11) is 0. The average Bonchev–Trinajstić information content (AvgIpc) is 2.47. The molecule has 0 atom stereocenters. The van der Waals surface area contributed by atoms with Crippen molar-refractivity contribution in [3.8, 4) is 0 Å². The fourth-order valence-electron chi connectivity index (χ4n) is 1.15. The van der Waals surface area contributed by atoms with Crippen LogP contribution in [0.15, 0.2) is 11.2 Å². The summed E-state index contributed by atoms with van der Waals surface area (Å²) in [6, 6.07) is 0. The summed E-state index contributed by atoms with van der Waals surface area (Å²) in [5, 5.41) is 11.6. The summed E-state index contributed by atoms with van der Waals surface area (Å²) in [5.41, 5.74) is 0.870. The molecule has 0 radical (unpaired) electrons. The van der Waals surface area contributed by atoms with Gasteiger partial charge in [0.1, 0.15) is 12.5 Å². The molecule has 0 bridgehead atoms. The monoisotopic (exact) mass is 165 g/mol. The summed E-state index contributed by atoms with van der Waals surface area (Å²) in [5.74, 6) is -0.218. The van der Waals surface area contributed by atoms with Gasteiger partial charge in [0.15, 0.2) is 0 Å². The molecular weight excluding hydrogens is 158 g/mol. The number of carbonyl (C=O) groups is 1. The van der Waals surface area contributed by atoms with Crippen LogP contribution in [0.1, 0.15) is 15.9 Å². The van der Waals surface area contributed by atoms with E-state index in [4.69, 9.17) is 5.11 Å². The lowest BCUT2D eigenvalue weighted by Gasteiger charge is -2.06. The molecule has 5 heteroatoms. The molecule has 62 valence electrons. The number of H-pyrrole nitrogens is 1. The second kappa shape index (κ2) is 2.37. The number of aromatic nitrogens is 1. The van der Waals surface area contributed by atoms with E-state index in [9.17, 15) is 4.79 Å². The molecule has 0 spiro atoms. The van der Waals surface area contributed by atoms with Crippen molar-refractivity contribution in [2.24, 2.45) is 4.99 Å². The van der Waals surface area contributed by atoms with E-state index in [1.807, 2.05) is 0 Å². The van der Waals surface area contributed by atoms with E-state index in [1.165, 1.54) is 6.20 Å². The Morgan fingerprint density at radius 2 is 2.50 bits per heavy atom. The van der Waals surface area contributed by atoms with Crippen molar-refractivity contribution < 1.29 is 9.90 Å². The highest BCUT2D eigenvalue weighted by Gasteiger charge is 2.16. The Balaban J connectivity index is 2.54. The number of fused-ring (bicyclic) bond motifs is 1. The Morgan fingerprint density at radius 3 is 3.25 bits per heavy atom. The minimum absolute atomic E-state index is 0.251. The first-order chi connectivity index (χ1) is 5.79. The Morgan fingerprint density at radius 1 is 1.67 bits per heavy atom. The first kappa shape index (κ1) is 6.90. The molecule has 12 heavy (non-hydrogen) atoms. The first-order valence-corrected chi connectivity index (χ1v) is 3.47. The number of nitrogens with zero attached hydrogens (tertiary/aromatic N) is 1. The zero-order valence-electron chi connectivity index (χ0n) is 6.16. The van der Waals surface area contributed by atoms with Gasteiger partial charge in [0.2, 0.25) is 0 Å². The molecular formula is C7H7N3O2. The average molecular weight is 165 g/mol. The van der Waals surface area contributed by atoms with E-state index in [0.29, 0.717) is 12.2 Å². The number of hydrogen-bond acceptors (Lipinski definition) is 3. The Labute approximate surface area is 68.1 Å². The van der Waals surface area contributed by atoms with Crippen LogP contribution in [-0.2, 0) is 0 Å². The molecule has 1 aliphatic rings. The lowest BCUT2D eigenvalue weighted by molar-refractivity contribution is 0.0697. The Kier molecular flexibility index (Phi) is 1.36. The van der Waals surface area contributed by atoms with Crippen LogP contribution in [0.3, 0.4) is 0 Å². The molecule has 0 saturated heterocycles. The number of aliphatic imine (C=N–C) groups is 1. The third-order valence-electron chi connectivity index (χ3n) is 1.72. The van der Waals surface area contributed by atoms with Crippen LogP contribution >= 0.6 is 0 Å². The van der Waals surface area contributed by atoms with E-state index in [1.54, 1.807) is 6.21 Å². The first-order valence-electron chi connectivity index (χ1n) is 3.47. The van der Waals surface area contributed by atoms with E-state index in [-0.39, 0.29) is 5.56 Å². The van der Waals surface area contributed by atoms with Gasteiger partial charge in [-0.05, 0) is 0 Å². The van der Waals surface area contributed by atoms with Crippen LogP contribution in [0.4, 0.5) is 5.82 Å². The number of aromatic carboxylic acids is 1.